The fourth-order valence-corrected chi connectivity index (χ4v) is 3.02. The fourth-order valence-electron chi connectivity index (χ4n) is 1.65. The van der Waals surface area contributed by atoms with Crippen LogP contribution < -0.4 is 10.9 Å². The summed E-state index contributed by atoms with van der Waals surface area (Å²) in [6.45, 7) is 0.476. The van der Waals surface area contributed by atoms with Gasteiger partial charge in [-0.2, -0.15) is 0 Å². The molecule has 0 saturated heterocycles. The molecule has 0 spiro atoms. The normalized spacial score (nSPS) is 10.3. The second-order valence-electron chi connectivity index (χ2n) is 4.44. The Balaban J connectivity index is 1.88. The van der Waals surface area contributed by atoms with E-state index in [1.807, 2.05) is 17.5 Å². The average Bonchev–Trinajstić information content (AvgIpc) is 3.03. The number of hydrogen-bond donors (Lipinski definition) is 2. The Bertz CT molecular complexity index is 728. The Kier molecular flexibility index (Phi) is 6.36. The molecule has 23 heavy (non-hydrogen) atoms. The number of esters is 1. The first-order chi connectivity index (χ1) is 11.1. The monoisotopic (exact) mass is 353 g/mol. The molecule has 0 atom stereocenters. The summed E-state index contributed by atoms with van der Waals surface area (Å²) in [5.41, 5.74) is -0.0671. The van der Waals surface area contributed by atoms with E-state index >= 15 is 0 Å². The molecule has 7 nitrogen and oxygen atoms in total. The van der Waals surface area contributed by atoms with E-state index in [2.05, 4.69) is 20.0 Å². The smallest absolute Gasteiger partial charge is 0.311 e. The molecular formula is C14H15N3O4S2. The molecule has 2 heterocycles. The van der Waals surface area contributed by atoms with E-state index in [1.54, 1.807) is 11.3 Å². The summed E-state index contributed by atoms with van der Waals surface area (Å²) < 4.78 is 4.54. The van der Waals surface area contributed by atoms with Crippen LogP contribution in [0.3, 0.4) is 0 Å². The molecule has 2 aromatic rings. The molecule has 2 rings (SSSR count). The van der Waals surface area contributed by atoms with Gasteiger partial charge in [-0.05, 0) is 11.4 Å². The van der Waals surface area contributed by atoms with Crippen LogP contribution in [0.2, 0.25) is 0 Å². The van der Waals surface area contributed by atoms with Gasteiger partial charge in [0.1, 0.15) is 0 Å². The number of amides is 1. The molecule has 0 aromatic carbocycles. The molecule has 2 aromatic heterocycles. The van der Waals surface area contributed by atoms with E-state index < -0.39 is 5.97 Å². The molecule has 0 radical (unpaired) electrons. The Labute approximate surface area is 140 Å². The molecule has 0 aliphatic rings. The van der Waals surface area contributed by atoms with E-state index in [-0.39, 0.29) is 23.6 Å². The lowest BCUT2D eigenvalue weighted by atomic mass is 10.3. The van der Waals surface area contributed by atoms with Crippen molar-refractivity contribution in [1.82, 2.24) is 15.3 Å². The lowest BCUT2D eigenvalue weighted by molar-refractivity contribution is -0.139. The summed E-state index contributed by atoms with van der Waals surface area (Å²) in [5.74, 6) is -0.520. The van der Waals surface area contributed by atoms with E-state index in [4.69, 9.17) is 0 Å². The standard InChI is InChI=1S/C14H15N3O4S2/c1-21-13(20)6-9-5-11(18)17-14(16-9)23-8-12(19)15-7-10-3-2-4-22-10/h2-5H,6-8H2,1H3,(H,15,19)(H,16,17,18). The summed E-state index contributed by atoms with van der Waals surface area (Å²) in [6.07, 6.45) is -0.0848. The number of carbonyl (C=O) groups is 2. The van der Waals surface area contributed by atoms with Crippen molar-refractivity contribution in [2.75, 3.05) is 12.9 Å². The Hall–Kier alpha value is -2.13. The number of aromatic nitrogens is 2. The summed E-state index contributed by atoms with van der Waals surface area (Å²) in [4.78, 5) is 42.3. The summed E-state index contributed by atoms with van der Waals surface area (Å²) in [5, 5.41) is 5.02. The second-order valence-corrected chi connectivity index (χ2v) is 6.44. The summed E-state index contributed by atoms with van der Waals surface area (Å²) in [7, 11) is 1.27. The largest absolute Gasteiger partial charge is 0.469 e. The first-order valence-corrected chi connectivity index (χ1v) is 8.52. The predicted molar refractivity (Wildman–Crippen MR) is 87.5 cm³/mol. The van der Waals surface area contributed by atoms with Gasteiger partial charge in [0, 0.05) is 10.9 Å². The van der Waals surface area contributed by atoms with Gasteiger partial charge in [-0.3, -0.25) is 14.4 Å². The van der Waals surface area contributed by atoms with E-state index in [0.717, 1.165) is 16.6 Å². The highest BCUT2D eigenvalue weighted by molar-refractivity contribution is 7.99. The maximum Gasteiger partial charge on any atom is 0.311 e. The molecule has 0 aliphatic carbocycles. The number of methoxy groups -OCH3 is 1. The first kappa shape index (κ1) is 17.2. The van der Waals surface area contributed by atoms with Gasteiger partial charge >= 0.3 is 5.97 Å². The van der Waals surface area contributed by atoms with Gasteiger partial charge in [0.05, 0.1) is 31.5 Å². The number of carbonyl (C=O) groups excluding carboxylic acids is 2. The minimum Gasteiger partial charge on any atom is -0.469 e. The zero-order valence-corrected chi connectivity index (χ0v) is 14.0. The number of nitrogens with zero attached hydrogens (tertiary/aromatic N) is 1. The Morgan fingerprint density at radius 1 is 1.48 bits per heavy atom. The number of rotatable bonds is 7. The van der Waals surface area contributed by atoms with Crippen LogP contribution in [0.4, 0.5) is 0 Å². The van der Waals surface area contributed by atoms with Crippen molar-refractivity contribution < 1.29 is 14.3 Å². The molecular weight excluding hydrogens is 338 g/mol. The minimum atomic E-state index is -0.479. The number of hydrogen-bond acceptors (Lipinski definition) is 7. The lowest BCUT2D eigenvalue weighted by Gasteiger charge is -2.05. The third-order valence-corrected chi connectivity index (χ3v) is 4.46. The number of aromatic amines is 1. The van der Waals surface area contributed by atoms with E-state index in [9.17, 15) is 14.4 Å². The van der Waals surface area contributed by atoms with Crippen LogP contribution in [0.5, 0.6) is 0 Å². The van der Waals surface area contributed by atoms with E-state index in [1.165, 1.54) is 13.2 Å². The lowest BCUT2D eigenvalue weighted by Crippen LogP contribution is -2.24. The molecule has 122 valence electrons. The van der Waals surface area contributed by atoms with Crippen LogP contribution >= 0.6 is 23.1 Å². The highest BCUT2D eigenvalue weighted by Gasteiger charge is 2.09. The summed E-state index contributed by atoms with van der Waals surface area (Å²) in [6, 6.07) is 5.09. The molecule has 0 fully saturated rings. The fraction of sp³-hybridized carbons (Fsp3) is 0.286. The molecule has 1 amide bonds. The van der Waals surface area contributed by atoms with Crippen LogP contribution in [0.25, 0.3) is 0 Å². The number of ether oxygens (including phenoxy) is 1. The number of H-pyrrole nitrogens is 1. The van der Waals surface area contributed by atoms with Crippen molar-refractivity contribution in [3.05, 3.63) is 44.5 Å². The van der Waals surface area contributed by atoms with E-state index in [0.29, 0.717) is 17.4 Å². The maximum atomic E-state index is 11.8. The third-order valence-electron chi connectivity index (χ3n) is 2.71. The SMILES string of the molecule is COC(=O)Cc1cc(=O)[nH]c(SCC(=O)NCc2cccs2)n1. The minimum absolute atomic E-state index is 0.0848. The molecule has 0 saturated carbocycles. The summed E-state index contributed by atoms with van der Waals surface area (Å²) >= 11 is 2.67. The molecule has 0 aliphatic heterocycles. The van der Waals surface area contributed by atoms with Gasteiger partial charge in [-0.1, -0.05) is 17.8 Å². The van der Waals surface area contributed by atoms with Crippen molar-refractivity contribution in [3.8, 4) is 0 Å². The van der Waals surface area contributed by atoms with Gasteiger partial charge in [-0.25, -0.2) is 4.98 Å². The topological polar surface area (TPSA) is 101 Å². The molecule has 0 unspecified atom stereocenters. The van der Waals surface area contributed by atoms with Crippen LogP contribution in [-0.4, -0.2) is 34.7 Å². The van der Waals surface area contributed by atoms with Crippen molar-refractivity contribution in [2.24, 2.45) is 0 Å². The molecule has 0 bridgehead atoms. The van der Waals surface area contributed by atoms with Crippen LogP contribution in [0.15, 0.2) is 33.5 Å². The Morgan fingerprint density at radius 3 is 3.00 bits per heavy atom. The molecule has 2 N–H and O–H groups in total. The zero-order chi connectivity index (χ0) is 16.7. The maximum absolute atomic E-state index is 11.8. The van der Waals surface area contributed by atoms with Crippen LogP contribution in [0, 0.1) is 0 Å². The van der Waals surface area contributed by atoms with Crippen molar-refractivity contribution in [3.63, 3.8) is 0 Å². The highest BCUT2D eigenvalue weighted by Crippen LogP contribution is 2.12. The number of thioether (sulfide) groups is 1. The Morgan fingerprint density at radius 2 is 2.30 bits per heavy atom. The zero-order valence-electron chi connectivity index (χ0n) is 12.3. The van der Waals surface area contributed by atoms with Crippen LogP contribution in [-0.2, 0) is 27.3 Å². The second kappa shape index (κ2) is 8.49. The average molecular weight is 353 g/mol. The van der Waals surface area contributed by atoms with Crippen LogP contribution in [0.1, 0.15) is 10.6 Å². The van der Waals surface area contributed by atoms with Gasteiger partial charge in [0.15, 0.2) is 5.16 Å². The van der Waals surface area contributed by atoms with Gasteiger partial charge < -0.3 is 15.0 Å². The third kappa shape index (κ3) is 5.87. The highest BCUT2D eigenvalue weighted by atomic mass is 32.2. The van der Waals surface area contributed by atoms with Gasteiger partial charge in [0.2, 0.25) is 5.91 Å². The van der Waals surface area contributed by atoms with Crippen molar-refractivity contribution >= 4 is 35.0 Å². The van der Waals surface area contributed by atoms with Gasteiger partial charge in [-0.15, -0.1) is 11.3 Å². The van der Waals surface area contributed by atoms with Crippen molar-refractivity contribution in [2.45, 2.75) is 18.1 Å². The van der Waals surface area contributed by atoms with Crippen molar-refractivity contribution in [1.29, 1.82) is 0 Å². The van der Waals surface area contributed by atoms with Gasteiger partial charge in [0.25, 0.3) is 5.56 Å². The quantitative estimate of drug-likeness (QED) is 0.437. The number of nitrogens with one attached hydrogen (secondary N) is 2. The number of thiophene rings is 1. The molecule has 9 heteroatoms. The predicted octanol–water partition coefficient (Wildman–Crippen LogP) is 0.955. The first-order valence-electron chi connectivity index (χ1n) is 6.66.